The predicted octanol–water partition coefficient (Wildman–Crippen LogP) is 4.35. The van der Waals surface area contributed by atoms with E-state index in [0.29, 0.717) is 36.5 Å². The highest BCUT2D eigenvalue weighted by Gasteiger charge is 2.26. The van der Waals surface area contributed by atoms with Gasteiger partial charge in [-0.3, -0.25) is 0 Å². The smallest absolute Gasteiger partial charge is 0.200 e. The van der Waals surface area contributed by atoms with Crippen LogP contribution in [0.5, 0.6) is 5.75 Å². The van der Waals surface area contributed by atoms with E-state index in [1.54, 1.807) is 19.1 Å². The maximum atomic E-state index is 14.0. The minimum Gasteiger partial charge on any atom is -0.493 e. The first-order chi connectivity index (χ1) is 13.8. The Morgan fingerprint density at radius 2 is 1.62 bits per heavy atom. The molecule has 0 aliphatic carbocycles. The second-order valence-electron chi connectivity index (χ2n) is 7.10. The van der Waals surface area contributed by atoms with Gasteiger partial charge in [0.15, 0.2) is 23.3 Å². The molecular formula is C21H22F5NO2. The minimum atomic E-state index is -2.16. The zero-order chi connectivity index (χ0) is 21.1. The Kier molecular flexibility index (Phi) is 6.74. The molecule has 3 rings (SSSR count). The van der Waals surface area contributed by atoms with E-state index in [4.69, 9.17) is 9.47 Å². The highest BCUT2D eigenvalue weighted by Crippen LogP contribution is 2.29. The van der Waals surface area contributed by atoms with E-state index < -0.39 is 41.1 Å². The van der Waals surface area contributed by atoms with Gasteiger partial charge in [0.1, 0.15) is 5.75 Å². The number of nitrogens with one attached hydrogen (secondary N) is 1. The zero-order valence-electron chi connectivity index (χ0n) is 16.2. The summed E-state index contributed by atoms with van der Waals surface area (Å²) in [5, 5.41) is 3.22. The van der Waals surface area contributed by atoms with Crippen LogP contribution in [0.15, 0.2) is 12.1 Å². The highest BCUT2D eigenvalue weighted by molar-refractivity contribution is 5.44. The molecule has 0 radical (unpaired) electrons. The molecule has 1 saturated heterocycles. The van der Waals surface area contributed by atoms with Crippen LogP contribution in [0.2, 0.25) is 0 Å². The van der Waals surface area contributed by atoms with Gasteiger partial charge in [-0.2, -0.15) is 0 Å². The van der Waals surface area contributed by atoms with Gasteiger partial charge < -0.3 is 14.8 Å². The van der Waals surface area contributed by atoms with Crippen LogP contribution in [0, 0.1) is 42.9 Å². The first-order valence-corrected chi connectivity index (χ1v) is 9.35. The molecule has 1 fully saturated rings. The molecule has 1 aliphatic heterocycles. The molecule has 1 unspecified atom stereocenters. The first kappa shape index (κ1) is 21.5. The minimum absolute atomic E-state index is 0.0438. The van der Waals surface area contributed by atoms with Crippen molar-refractivity contribution in [1.29, 1.82) is 0 Å². The van der Waals surface area contributed by atoms with Crippen molar-refractivity contribution in [2.45, 2.75) is 32.8 Å². The molecule has 158 valence electrons. The van der Waals surface area contributed by atoms with Crippen molar-refractivity contribution in [1.82, 2.24) is 5.32 Å². The van der Waals surface area contributed by atoms with Gasteiger partial charge in [-0.15, -0.1) is 0 Å². The number of aryl methyl sites for hydroxylation is 2. The molecule has 1 atom stereocenters. The van der Waals surface area contributed by atoms with E-state index in [1.807, 2.05) is 6.92 Å². The third kappa shape index (κ3) is 4.70. The topological polar surface area (TPSA) is 30.5 Å². The van der Waals surface area contributed by atoms with E-state index in [9.17, 15) is 22.0 Å². The van der Waals surface area contributed by atoms with Crippen molar-refractivity contribution in [3.8, 4) is 5.75 Å². The molecule has 1 heterocycles. The lowest BCUT2D eigenvalue weighted by Crippen LogP contribution is -2.39. The van der Waals surface area contributed by atoms with Crippen molar-refractivity contribution in [2.24, 2.45) is 0 Å². The summed E-state index contributed by atoms with van der Waals surface area (Å²) >= 11 is 0. The van der Waals surface area contributed by atoms with E-state index in [2.05, 4.69) is 5.32 Å². The lowest BCUT2D eigenvalue weighted by Gasteiger charge is -2.23. The third-order valence-electron chi connectivity index (χ3n) is 5.00. The number of ether oxygens (including phenoxy) is 2. The maximum absolute atomic E-state index is 14.0. The van der Waals surface area contributed by atoms with Gasteiger partial charge in [0, 0.05) is 31.5 Å². The Bertz CT molecular complexity index is 868. The molecule has 1 aliphatic rings. The van der Waals surface area contributed by atoms with Crippen molar-refractivity contribution in [2.75, 3.05) is 26.3 Å². The Morgan fingerprint density at radius 1 is 0.966 bits per heavy atom. The average molecular weight is 415 g/mol. The second-order valence-corrected chi connectivity index (χ2v) is 7.10. The average Bonchev–Trinajstić information content (AvgIpc) is 2.71. The van der Waals surface area contributed by atoms with E-state index >= 15 is 0 Å². The summed E-state index contributed by atoms with van der Waals surface area (Å²) in [4.78, 5) is 0. The molecule has 8 heteroatoms. The number of halogens is 5. The molecule has 3 nitrogen and oxygen atoms in total. The SMILES string of the molecule is Cc1cc(C)c(OCCC2CNCCO2)cc1Cc1c(F)c(F)c(F)c(F)c1F. The molecule has 1 N–H and O–H groups in total. The van der Waals surface area contributed by atoms with E-state index in [-0.39, 0.29) is 6.10 Å². The summed E-state index contributed by atoms with van der Waals surface area (Å²) < 4.78 is 79.7. The molecule has 0 bridgehead atoms. The van der Waals surface area contributed by atoms with Gasteiger partial charge in [-0.1, -0.05) is 6.07 Å². The lowest BCUT2D eigenvalue weighted by atomic mass is 9.97. The number of rotatable bonds is 6. The van der Waals surface area contributed by atoms with Crippen molar-refractivity contribution in [3.05, 3.63) is 63.5 Å². The fraction of sp³-hybridized carbons (Fsp3) is 0.429. The standard InChI is InChI=1S/C21H22F5NO2/c1-11-7-12(2)16(29-5-3-14-10-27-4-6-28-14)9-13(11)8-15-17(22)19(24)21(26)20(25)18(15)23/h7,9,14,27H,3-6,8,10H2,1-2H3. The Balaban J connectivity index is 1.79. The van der Waals surface area contributed by atoms with Gasteiger partial charge in [0.05, 0.1) is 19.3 Å². The highest BCUT2D eigenvalue weighted by atomic mass is 19.2. The van der Waals surface area contributed by atoms with Crippen LogP contribution in [0.1, 0.15) is 28.7 Å². The fourth-order valence-corrected chi connectivity index (χ4v) is 3.32. The van der Waals surface area contributed by atoms with Crippen LogP contribution in [-0.2, 0) is 11.2 Å². The second kappa shape index (κ2) is 9.09. The number of hydrogen-bond acceptors (Lipinski definition) is 3. The maximum Gasteiger partial charge on any atom is 0.200 e. The quantitative estimate of drug-likeness (QED) is 0.432. The largest absolute Gasteiger partial charge is 0.493 e. The van der Waals surface area contributed by atoms with Crippen LogP contribution in [-0.4, -0.2) is 32.4 Å². The zero-order valence-corrected chi connectivity index (χ0v) is 16.2. The van der Waals surface area contributed by atoms with E-state index in [0.717, 1.165) is 18.7 Å². The summed E-state index contributed by atoms with van der Waals surface area (Å²) in [5.41, 5.74) is 1.04. The number of hydrogen-bond donors (Lipinski definition) is 1. The Labute approximate surface area is 165 Å². The monoisotopic (exact) mass is 415 g/mol. The molecule has 0 aromatic heterocycles. The van der Waals surface area contributed by atoms with Gasteiger partial charge in [0.25, 0.3) is 0 Å². The molecule has 0 saturated carbocycles. The first-order valence-electron chi connectivity index (χ1n) is 9.35. The molecule has 0 amide bonds. The summed E-state index contributed by atoms with van der Waals surface area (Å²) in [7, 11) is 0. The van der Waals surface area contributed by atoms with Crippen molar-refractivity contribution in [3.63, 3.8) is 0 Å². The lowest BCUT2D eigenvalue weighted by molar-refractivity contribution is 0.0158. The molecule has 2 aromatic carbocycles. The molecule has 0 spiro atoms. The van der Waals surface area contributed by atoms with Gasteiger partial charge in [-0.25, -0.2) is 22.0 Å². The van der Waals surface area contributed by atoms with Gasteiger partial charge in [-0.05, 0) is 36.6 Å². The molecular weight excluding hydrogens is 393 g/mol. The Hall–Kier alpha value is -2.19. The number of benzene rings is 2. The summed E-state index contributed by atoms with van der Waals surface area (Å²) in [6.07, 6.45) is 0.263. The van der Waals surface area contributed by atoms with Crippen LogP contribution in [0.3, 0.4) is 0 Å². The predicted molar refractivity (Wildman–Crippen MR) is 97.7 cm³/mol. The summed E-state index contributed by atoms with van der Waals surface area (Å²) in [5.74, 6) is -9.18. The Morgan fingerprint density at radius 3 is 2.24 bits per heavy atom. The van der Waals surface area contributed by atoms with E-state index in [1.165, 1.54) is 0 Å². The summed E-state index contributed by atoms with van der Waals surface area (Å²) in [6, 6.07) is 3.35. The fourth-order valence-electron chi connectivity index (χ4n) is 3.32. The van der Waals surface area contributed by atoms with Crippen LogP contribution in [0.25, 0.3) is 0 Å². The van der Waals surface area contributed by atoms with Crippen LogP contribution in [0.4, 0.5) is 22.0 Å². The van der Waals surface area contributed by atoms with Crippen molar-refractivity contribution < 1.29 is 31.4 Å². The van der Waals surface area contributed by atoms with Gasteiger partial charge in [0.2, 0.25) is 5.82 Å². The van der Waals surface area contributed by atoms with Gasteiger partial charge >= 0.3 is 0 Å². The van der Waals surface area contributed by atoms with Crippen molar-refractivity contribution >= 4 is 0 Å². The van der Waals surface area contributed by atoms with Crippen LogP contribution < -0.4 is 10.1 Å². The molecule has 2 aromatic rings. The van der Waals surface area contributed by atoms with Crippen LogP contribution >= 0.6 is 0 Å². The molecule has 29 heavy (non-hydrogen) atoms. The normalized spacial score (nSPS) is 16.9. The number of morpholine rings is 1. The third-order valence-corrected chi connectivity index (χ3v) is 5.00. The summed E-state index contributed by atoms with van der Waals surface area (Å²) in [6.45, 7) is 6.10.